The SMILES string of the molecule is CCOc1ccc(C(=O)Nc2ccccc2Oc2ccccc2)cc1COc1ccc(C(C)(C)C)cc1. The van der Waals surface area contributed by atoms with Crippen LogP contribution in [0, 0.1) is 0 Å². The third kappa shape index (κ3) is 6.91. The maximum atomic E-state index is 13.2. The van der Waals surface area contributed by atoms with Crippen molar-refractivity contribution in [3.05, 3.63) is 114 Å². The van der Waals surface area contributed by atoms with Gasteiger partial charge in [0.1, 0.15) is 23.9 Å². The van der Waals surface area contributed by atoms with E-state index in [1.54, 1.807) is 6.07 Å². The molecule has 5 nitrogen and oxygen atoms in total. The first-order valence-corrected chi connectivity index (χ1v) is 12.5. The van der Waals surface area contributed by atoms with Crippen molar-refractivity contribution in [1.29, 1.82) is 0 Å². The first-order valence-electron chi connectivity index (χ1n) is 12.5. The van der Waals surface area contributed by atoms with Gasteiger partial charge < -0.3 is 19.5 Å². The minimum Gasteiger partial charge on any atom is -0.493 e. The van der Waals surface area contributed by atoms with Gasteiger partial charge in [0.15, 0.2) is 5.75 Å². The third-order valence-corrected chi connectivity index (χ3v) is 5.84. The topological polar surface area (TPSA) is 56.8 Å². The van der Waals surface area contributed by atoms with Gasteiger partial charge in [-0.25, -0.2) is 0 Å². The fourth-order valence-electron chi connectivity index (χ4n) is 3.81. The van der Waals surface area contributed by atoms with Crippen molar-refractivity contribution in [1.82, 2.24) is 0 Å². The minimum absolute atomic E-state index is 0.0765. The van der Waals surface area contributed by atoms with Gasteiger partial charge in [0, 0.05) is 11.1 Å². The normalized spacial score (nSPS) is 11.0. The molecule has 1 N–H and O–H groups in total. The van der Waals surface area contributed by atoms with E-state index in [2.05, 4.69) is 38.2 Å². The molecule has 4 aromatic rings. The number of benzene rings is 4. The van der Waals surface area contributed by atoms with Crippen LogP contribution in [-0.2, 0) is 12.0 Å². The zero-order chi connectivity index (χ0) is 26.3. The molecule has 4 aromatic carbocycles. The molecule has 0 aliphatic carbocycles. The third-order valence-electron chi connectivity index (χ3n) is 5.84. The Kier molecular flexibility index (Phi) is 8.14. The molecule has 4 rings (SSSR count). The Hall–Kier alpha value is -4.25. The van der Waals surface area contributed by atoms with Gasteiger partial charge in [-0.1, -0.05) is 63.2 Å². The summed E-state index contributed by atoms with van der Waals surface area (Å²) in [6, 6.07) is 30.3. The number of hydrogen-bond donors (Lipinski definition) is 1. The van der Waals surface area contributed by atoms with Crippen LogP contribution in [0.2, 0.25) is 0 Å². The Balaban J connectivity index is 1.50. The van der Waals surface area contributed by atoms with Crippen molar-refractivity contribution in [3.8, 4) is 23.0 Å². The van der Waals surface area contributed by atoms with Gasteiger partial charge in [-0.05, 0) is 72.5 Å². The highest BCUT2D eigenvalue weighted by molar-refractivity contribution is 6.05. The van der Waals surface area contributed by atoms with Crippen LogP contribution in [0.25, 0.3) is 0 Å². The van der Waals surface area contributed by atoms with E-state index >= 15 is 0 Å². The fraction of sp³-hybridized carbons (Fsp3) is 0.219. The summed E-state index contributed by atoms with van der Waals surface area (Å²) in [5.41, 5.74) is 3.20. The molecule has 0 spiro atoms. The summed E-state index contributed by atoms with van der Waals surface area (Å²) in [4.78, 5) is 13.2. The molecule has 0 aliphatic rings. The minimum atomic E-state index is -0.247. The summed E-state index contributed by atoms with van der Waals surface area (Å²) in [6.07, 6.45) is 0. The number of carbonyl (C=O) groups excluding carboxylic acids is 1. The van der Waals surface area contributed by atoms with Gasteiger partial charge in [0.25, 0.3) is 5.91 Å². The summed E-state index contributed by atoms with van der Waals surface area (Å²) in [7, 11) is 0. The monoisotopic (exact) mass is 495 g/mol. The van der Waals surface area contributed by atoms with Crippen molar-refractivity contribution in [2.24, 2.45) is 0 Å². The van der Waals surface area contributed by atoms with E-state index in [0.29, 0.717) is 35.1 Å². The highest BCUT2D eigenvalue weighted by Gasteiger charge is 2.15. The van der Waals surface area contributed by atoms with E-state index in [0.717, 1.165) is 11.3 Å². The highest BCUT2D eigenvalue weighted by Crippen LogP contribution is 2.30. The van der Waals surface area contributed by atoms with Crippen LogP contribution >= 0.6 is 0 Å². The molecule has 0 saturated heterocycles. The number of rotatable bonds is 9. The van der Waals surface area contributed by atoms with Crippen molar-refractivity contribution in [2.75, 3.05) is 11.9 Å². The molecule has 0 aliphatic heterocycles. The maximum absolute atomic E-state index is 13.2. The molecular weight excluding hydrogens is 462 g/mol. The van der Waals surface area contributed by atoms with Crippen LogP contribution in [-0.4, -0.2) is 12.5 Å². The number of carbonyl (C=O) groups is 1. The van der Waals surface area contributed by atoms with Gasteiger partial charge in [0.2, 0.25) is 0 Å². The second kappa shape index (κ2) is 11.7. The maximum Gasteiger partial charge on any atom is 0.255 e. The van der Waals surface area contributed by atoms with Crippen molar-refractivity contribution in [2.45, 2.75) is 39.7 Å². The molecule has 0 bridgehead atoms. The number of ether oxygens (including phenoxy) is 3. The van der Waals surface area contributed by atoms with E-state index in [9.17, 15) is 4.79 Å². The van der Waals surface area contributed by atoms with Crippen molar-refractivity contribution >= 4 is 11.6 Å². The first kappa shape index (κ1) is 25.8. The van der Waals surface area contributed by atoms with Gasteiger partial charge >= 0.3 is 0 Å². The van der Waals surface area contributed by atoms with E-state index < -0.39 is 0 Å². The van der Waals surface area contributed by atoms with Gasteiger partial charge in [-0.2, -0.15) is 0 Å². The number of amides is 1. The van der Waals surface area contributed by atoms with Crippen LogP contribution < -0.4 is 19.5 Å². The quantitative estimate of drug-likeness (QED) is 0.255. The Morgan fingerprint density at radius 1 is 0.757 bits per heavy atom. The van der Waals surface area contributed by atoms with Gasteiger partial charge in [-0.15, -0.1) is 0 Å². The lowest BCUT2D eigenvalue weighted by Crippen LogP contribution is -2.13. The van der Waals surface area contributed by atoms with E-state index in [-0.39, 0.29) is 17.9 Å². The standard InChI is InChI=1S/C32H33NO4/c1-5-35-29-20-15-23(21-24(29)22-36-26-18-16-25(17-19-26)32(2,3)4)31(34)33-28-13-9-10-14-30(28)37-27-11-7-6-8-12-27/h6-21H,5,22H2,1-4H3,(H,33,34). The summed E-state index contributed by atoms with van der Waals surface area (Å²) in [6.45, 7) is 9.27. The Morgan fingerprint density at radius 2 is 1.46 bits per heavy atom. The molecule has 1 amide bonds. The number of nitrogens with one attached hydrogen (secondary N) is 1. The Morgan fingerprint density at radius 3 is 2.16 bits per heavy atom. The predicted molar refractivity (Wildman–Crippen MR) is 148 cm³/mol. The molecule has 0 heterocycles. The molecule has 0 unspecified atom stereocenters. The van der Waals surface area contributed by atoms with Crippen LogP contribution in [0.1, 0.15) is 49.2 Å². The van der Waals surface area contributed by atoms with Crippen LogP contribution in [0.5, 0.6) is 23.0 Å². The van der Waals surface area contributed by atoms with E-state index in [1.807, 2.05) is 85.8 Å². The van der Waals surface area contributed by atoms with Crippen LogP contribution in [0.3, 0.4) is 0 Å². The summed E-state index contributed by atoms with van der Waals surface area (Å²) >= 11 is 0. The lowest BCUT2D eigenvalue weighted by molar-refractivity contribution is 0.102. The molecule has 0 saturated carbocycles. The van der Waals surface area contributed by atoms with E-state index in [1.165, 1.54) is 5.56 Å². The van der Waals surface area contributed by atoms with Gasteiger partial charge in [-0.3, -0.25) is 4.79 Å². The van der Waals surface area contributed by atoms with Crippen LogP contribution in [0.15, 0.2) is 97.1 Å². The summed E-state index contributed by atoms with van der Waals surface area (Å²) in [5.74, 6) is 2.47. The average Bonchev–Trinajstić information content (AvgIpc) is 2.89. The zero-order valence-corrected chi connectivity index (χ0v) is 21.8. The highest BCUT2D eigenvalue weighted by atomic mass is 16.5. The smallest absolute Gasteiger partial charge is 0.255 e. The Bertz CT molecular complexity index is 1330. The second-order valence-corrected chi connectivity index (χ2v) is 9.68. The molecular formula is C32H33NO4. The second-order valence-electron chi connectivity index (χ2n) is 9.68. The molecule has 0 fully saturated rings. The lowest BCUT2D eigenvalue weighted by Gasteiger charge is -2.19. The molecule has 0 atom stereocenters. The predicted octanol–water partition coefficient (Wildman–Crippen LogP) is 8.01. The number of hydrogen-bond acceptors (Lipinski definition) is 4. The molecule has 0 aromatic heterocycles. The van der Waals surface area contributed by atoms with Crippen LogP contribution in [0.4, 0.5) is 5.69 Å². The van der Waals surface area contributed by atoms with Gasteiger partial charge in [0.05, 0.1) is 12.3 Å². The molecule has 0 radical (unpaired) electrons. The molecule has 5 heteroatoms. The largest absolute Gasteiger partial charge is 0.493 e. The number of anilines is 1. The van der Waals surface area contributed by atoms with E-state index in [4.69, 9.17) is 14.2 Å². The van der Waals surface area contributed by atoms with Crippen molar-refractivity contribution < 1.29 is 19.0 Å². The fourth-order valence-corrected chi connectivity index (χ4v) is 3.81. The lowest BCUT2D eigenvalue weighted by atomic mass is 9.87. The summed E-state index contributed by atoms with van der Waals surface area (Å²) in [5, 5.41) is 2.97. The Labute approximate surface area is 219 Å². The summed E-state index contributed by atoms with van der Waals surface area (Å²) < 4.78 is 17.8. The zero-order valence-electron chi connectivity index (χ0n) is 21.8. The first-order chi connectivity index (χ1) is 17.8. The number of para-hydroxylation sites is 3. The average molecular weight is 496 g/mol. The van der Waals surface area contributed by atoms with Crippen molar-refractivity contribution in [3.63, 3.8) is 0 Å². The molecule has 37 heavy (non-hydrogen) atoms. The molecule has 190 valence electrons.